The number of carbonyl (C=O) groups is 3. The number of carboxylic acid groups (broad SMARTS) is 1. The topological polar surface area (TPSA) is 120 Å². The summed E-state index contributed by atoms with van der Waals surface area (Å²) in [5.74, 6) is -0.984. The van der Waals surface area contributed by atoms with Gasteiger partial charge in [0.05, 0.1) is 12.3 Å². The average molecular weight is 378 g/mol. The van der Waals surface area contributed by atoms with Crippen molar-refractivity contribution in [1.82, 2.24) is 15.5 Å². The molecule has 2 heterocycles. The van der Waals surface area contributed by atoms with Crippen LogP contribution in [-0.2, 0) is 15.1 Å². The standard InChI is InChI=1S/C17H19FN4O5/c1-10(23)20-8-13-14(21-15(24)27-13)17(11-4-2-3-5-12(11)18)9-19-6-7-22(17)16(25)26/h2-5,13,19H,6-9H2,1H3,(H,20,23)(H,25,26). The number of nitrogens with one attached hydrogen (secondary N) is 2. The molecule has 2 aliphatic heterocycles. The number of ether oxygens (including phenoxy) is 1. The number of cyclic esters (lactones) is 1. The van der Waals surface area contributed by atoms with E-state index < -0.39 is 29.6 Å². The minimum Gasteiger partial charge on any atom is -0.465 e. The van der Waals surface area contributed by atoms with Crippen molar-refractivity contribution in [3.05, 3.63) is 35.6 Å². The van der Waals surface area contributed by atoms with Crippen LogP contribution in [0.15, 0.2) is 29.3 Å². The summed E-state index contributed by atoms with van der Waals surface area (Å²) in [5, 5.41) is 15.4. The Morgan fingerprint density at radius 3 is 2.89 bits per heavy atom. The fourth-order valence-electron chi connectivity index (χ4n) is 3.52. The number of hydrogen-bond acceptors (Lipinski definition) is 5. The van der Waals surface area contributed by atoms with Crippen LogP contribution in [0, 0.1) is 5.82 Å². The summed E-state index contributed by atoms with van der Waals surface area (Å²) >= 11 is 0. The molecule has 1 aromatic rings. The normalized spacial score (nSPS) is 25.0. The van der Waals surface area contributed by atoms with E-state index in [1.165, 1.54) is 25.1 Å². The predicted molar refractivity (Wildman–Crippen MR) is 92.1 cm³/mol. The lowest BCUT2D eigenvalue weighted by Crippen LogP contribution is -2.66. The summed E-state index contributed by atoms with van der Waals surface area (Å²) in [6.07, 6.45) is -3.20. The molecule has 10 heteroatoms. The third-order valence-electron chi connectivity index (χ3n) is 4.62. The van der Waals surface area contributed by atoms with Gasteiger partial charge in [0.15, 0.2) is 6.10 Å². The number of aliphatic imine (C=N–C) groups is 1. The molecule has 1 saturated heterocycles. The van der Waals surface area contributed by atoms with Crippen molar-refractivity contribution in [3.63, 3.8) is 0 Å². The van der Waals surface area contributed by atoms with E-state index in [0.29, 0.717) is 6.54 Å². The van der Waals surface area contributed by atoms with E-state index in [-0.39, 0.29) is 36.8 Å². The molecule has 1 fully saturated rings. The Balaban J connectivity index is 2.16. The van der Waals surface area contributed by atoms with Crippen LogP contribution < -0.4 is 10.6 Å². The highest BCUT2D eigenvalue weighted by Gasteiger charge is 2.54. The van der Waals surface area contributed by atoms with E-state index in [1.54, 1.807) is 6.07 Å². The zero-order chi connectivity index (χ0) is 19.6. The molecule has 0 aromatic heterocycles. The van der Waals surface area contributed by atoms with Crippen molar-refractivity contribution in [1.29, 1.82) is 0 Å². The number of hydrogen-bond donors (Lipinski definition) is 3. The third-order valence-corrected chi connectivity index (χ3v) is 4.62. The number of halogens is 1. The molecule has 9 nitrogen and oxygen atoms in total. The van der Waals surface area contributed by atoms with E-state index in [4.69, 9.17) is 4.74 Å². The molecule has 0 saturated carbocycles. The third kappa shape index (κ3) is 3.35. The van der Waals surface area contributed by atoms with E-state index in [1.807, 2.05) is 0 Å². The Morgan fingerprint density at radius 1 is 1.48 bits per heavy atom. The van der Waals surface area contributed by atoms with Gasteiger partial charge in [-0.2, -0.15) is 4.99 Å². The second-order valence-corrected chi connectivity index (χ2v) is 6.26. The molecule has 3 N–H and O–H groups in total. The average Bonchev–Trinajstić information content (AvgIpc) is 3.01. The first-order valence-corrected chi connectivity index (χ1v) is 8.36. The Labute approximate surface area is 154 Å². The maximum atomic E-state index is 14.7. The summed E-state index contributed by atoms with van der Waals surface area (Å²) in [4.78, 5) is 40.1. The van der Waals surface area contributed by atoms with Crippen molar-refractivity contribution in [2.24, 2.45) is 4.99 Å². The van der Waals surface area contributed by atoms with Crippen LogP contribution >= 0.6 is 0 Å². The number of nitrogens with zero attached hydrogens (tertiary/aromatic N) is 2. The summed E-state index contributed by atoms with van der Waals surface area (Å²) in [5.41, 5.74) is -1.48. The van der Waals surface area contributed by atoms with Crippen molar-refractivity contribution in [3.8, 4) is 0 Å². The number of rotatable bonds is 4. The molecule has 0 aliphatic carbocycles. The number of benzene rings is 1. The highest BCUT2D eigenvalue weighted by Crippen LogP contribution is 2.37. The maximum absolute atomic E-state index is 14.7. The van der Waals surface area contributed by atoms with Gasteiger partial charge in [-0.15, -0.1) is 0 Å². The molecule has 0 spiro atoms. The van der Waals surface area contributed by atoms with Gasteiger partial charge in [0, 0.05) is 32.1 Å². The summed E-state index contributed by atoms with van der Waals surface area (Å²) in [6.45, 7) is 1.63. The van der Waals surface area contributed by atoms with Gasteiger partial charge in [-0.05, 0) is 6.07 Å². The highest BCUT2D eigenvalue weighted by atomic mass is 19.1. The first kappa shape index (κ1) is 18.8. The zero-order valence-corrected chi connectivity index (χ0v) is 14.6. The summed E-state index contributed by atoms with van der Waals surface area (Å²) < 4.78 is 19.9. The molecule has 2 aliphatic rings. The van der Waals surface area contributed by atoms with Crippen LogP contribution in [0.1, 0.15) is 12.5 Å². The lowest BCUT2D eigenvalue weighted by molar-refractivity contribution is -0.119. The Bertz CT molecular complexity index is 814. The molecule has 0 radical (unpaired) electrons. The van der Waals surface area contributed by atoms with Crippen LogP contribution in [0.25, 0.3) is 0 Å². The van der Waals surface area contributed by atoms with Crippen molar-refractivity contribution >= 4 is 23.8 Å². The van der Waals surface area contributed by atoms with Gasteiger partial charge in [-0.3, -0.25) is 9.69 Å². The van der Waals surface area contributed by atoms with Gasteiger partial charge < -0.3 is 20.5 Å². The maximum Gasteiger partial charge on any atom is 0.434 e. The second-order valence-electron chi connectivity index (χ2n) is 6.26. The van der Waals surface area contributed by atoms with Gasteiger partial charge in [0.1, 0.15) is 11.4 Å². The molecule has 3 amide bonds. The molecule has 1 aromatic carbocycles. The van der Waals surface area contributed by atoms with E-state index >= 15 is 0 Å². The molecule has 2 unspecified atom stereocenters. The second kappa shape index (κ2) is 7.31. The van der Waals surface area contributed by atoms with E-state index in [9.17, 15) is 23.9 Å². The number of piperazine rings is 1. The first-order valence-electron chi connectivity index (χ1n) is 8.36. The lowest BCUT2D eigenvalue weighted by Gasteiger charge is -2.47. The van der Waals surface area contributed by atoms with Gasteiger partial charge in [0.25, 0.3) is 0 Å². The van der Waals surface area contributed by atoms with Crippen LogP contribution in [0.4, 0.5) is 14.0 Å². The van der Waals surface area contributed by atoms with Crippen LogP contribution in [0.5, 0.6) is 0 Å². The van der Waals surface area contributed by atoms with Crippen molar-refractivity contribution in [2.45, 2.75) is 18.6 Å². The van der Waals surface area contributed by atoms with Gasteiger partial charge in [-0.1, -0.05) is 18.2 Å². The Morgan fingerprint density at radius 2 is 2.22 bits per heavy atom. The zero-order valence-electron chi connectivity index (χ0n) is 14.6. The van der Waals surface area contributed by atoms with Gasteiger partial charge >= 0.3 is 12.2 Å². The number of amides is 3. The lowest BCUT2D eigenvalue weighted by atomic mass is 9.79. The smallest absolute Gasteiger partial charge is 0.434 e. The largest absolute Gasteiger partial charge is 0.465 e. The quantitative estimate of drug-likeness (QED) is 0.709. The molecule has 2 atom stereocenters. The summed E-state index contributed by atoms with van der Waals surface area (Å²) in [7, 11) is 0. The monoisotopic (exact) mass is 378 g/mol. The van der Waals surface area contributed by atoms with Gasteiger partial charge in [0.2, 0.25) is 5.91 Å². The van der Waals surface area contributed by atoms with Crippen molar-refractivity contribution in [2.75, 3.05) is 26.2 Å². The molecule has 27 heavy (non-hydrogen) atoms. The minimum atomic E-state index is -1.58. The van der Waals surface area contributed by atoms with Crippen LogP contribution in [0.2, 0.25) is 0 Å². The molecule has 144 valence electrons. The van der Waals surface area contributed by atoms with E-state index in [2.05, 4.69) is 15.6 Å². The first-order chi connectivity index (χ1) is 12.9. The van der Waals surface area contributed by atoms with Crippen LogP contribution in [-0.4, -0.2) is 66.1 Å². The van der Waals surface area contributed by atoms with E-state index in [0.717, 1.165) is 4.90 Å². The molecule has 3 rings (SSSR count). The van der Waals surface area contributed by atoms with Gasteiger partial charge in [-0.25, -0.2) is 14.0 Å². The highest BCUT2D eigenvalue weighted by molar-refractivity contribution is 6.09. The fourth-order valence-corrected chi connectivity index (χ4v) is 3.52. The SMILES string of the molecule is CC(=O)NCC1OC(=O)N=C1C1(c2ccccc2F)CNCCN1C(=O)O. The number of carbonyl (C=O) groups excluding carboxylic acids is 2. The Hall–Kier alpha value is -3.01. The minimum absolute atomic E-state index is 0.00623. The Kier molecular flexibility index (Phi) is 5.08. The summed E-state index contributed by atoms with van der Waals surface area (Å²) in [6, 6.07) is 5.74. The molecular formula is C17H19FN4O5. The van der Waals surface area contributed by atoms with Crippen LogP contribution in [0.3, 0.4) is 0 Å². The molecule has 0 bridgehead atoms. The fraction of sp³-hybridized carbons (Fsp3) is 0.412. The predicted octanol–water partition coefficient (Wildman–Crippen LogP) is 0.700. The molecular weight excluding hydrogens is 359 g/mol. The van der Waals surface area contributed by atoms with Crippen molar-refractivity contribution < 1.29 is 28.6 Å².